The second-order valence-corrected chi connectivity index (χ2v) is 8.29. The van der Waals surface area contributed by atoms with Crippen molar-refractivity contribution in [3.63, 3.8) is 0 Å². The van der Waals surface area contributed by atoms with Gasteiger partial charge in [0.15, 0.2) is 9.84 Å². The van der Waals surface area contributed by atoms with Crippen molar-refractivity contribution in [2.75, 3.05) is 31.2 Å². The molecular weight excluding hydrogens is 336 g/mol. The summed E-state index contributed by atoms with van der Waals surface area (Å²) >= 11 is 0. The van der Waals surface area contributed by atoms with Crippen LogP contribution in [0.1, 0.15) is 11.1 Å². The van der Waals surface area contributed by atoms with Crippen molar-refractivity contribution < 1.29 is 13.2 Å². The van der Waals surface area contributed by atoms with Gasteiger partial charge in [-0.3, -0.25) is 9.69 Å². The molecule has 2 aromatic carbocycles. The van der Waals surface area contributed by atoms with Crippen molar-refractivity contribution in [2.24, 2.45) is 0 Å². The zero-order chi connectivity index (χ0) is 18.4. The molecule has 2 rings (SSSR count). The lowest BCUT2D eigenvalue weighted by molar-refractivity contribution is -0.117. The Morgan fingerprint density at radius 3 is 2.20 bits per heavy atom. The molecule has 6 heteroatoms. The maximum atomic E-state index is 12.3. The largest absolute Gasteiger partial charge is 0.324 e. The number of carbonyl (C=O) groups is 1. The van der Waals surface area contributed by atoms with Gasteiger partial charge in [0.1, 0.15) is 0 Å². The molecule has 0 aliphatic rings. The summed E-state index contributed by atoms with van der Waals surface area (Å²) in [5.41, 5.74) is 2.82. The van der Waals surface area contributed by atoms with Crippen molar-refractivity contribution >= 4 is 21.4 Å². The summed E-state index contributed by atoms with van der Waals surface area (Å²) < 4.78 is 24.6. The highest BCUT2D eigenvalue weighted by molar-refractivity contribution is 7.91. The zero-order valence-electron chi connectivity index (χ0n) is 14.8. The van der Waals surface area contributed by atoms with Gasteiger partial charge < -0.3 is 5.32 Å². The first-order valence-corrected chi connectivity index (χ1v) is 9.77. The molecule has 0 radical (unpaired) electrons. The molecule has 0 saturated heterocycles. The molecule has 0 atom stereocenters. The molecule has 0 saturated carbocycles. The molecule has 2 aromatic rings. The lowest BCUT2D eigenvalue weighted by atomic mass is 10.1. The Hall–Kier alpha value is -2.18. The van der Waals surface area contributed by atoms with Gasteiger partial charge >= 0.3 is 0 Å². The third-order valence-corrected chi connectivity index (χ3v) is 5.71. The quantitative estimate of drug-likeness (QED) is 0.824. The zero-order valence-corrected chi connectivity index (χ0v) is 15.6. The molecule has 0 bridgehead atoms. The summed E-state index contributed by atoms with van der Waals surface area (Å²) in [6.07, 6.45) is 0. The van der Waals surface area contributed by atoms with Crippen LogP contribution in [0.3, 0.4) is 0 Å². The van der Waals surface area contributed by atoms with Gasteiger partial charge in [-0.15, -0.1) is 0 Å². The van der Waals surface area contributed by atoms with Crippen molar-refractivity contribution in [1.29, 1.82) is 0 Å². The fourth-order valence-corrected chi connectivity index (χ4v) is 3.90. The number of aryl methyl sites for hydroxylation is 2. The lowest BCUT2D eigenvalue weighted by Crippen LogP contribution is -2.33. The predicted molar refractivity (Wildman–Crippen MR) is 101 cm³/mol. The average Bonchev–Trinajstić information content (AvgIpc) is 2.57. The van der Waals surface area contributed by atoms with Gasteiger partial charge in [0.05, 0.1) is 17.2 Å². The second-order valence-electron chi connectivity index (χ2n) is 6.18. The molecule has 0 fully saturated rings. The van der Waals surface area contributed by atoms with Crippen LogP contribution in [0, 0.1) is 13.8 Å². The van der Waals surface area contributed by atoms with E-state index in [-0.39, 0.29) is 24.7 Å². The Balaban J connectivity index is 1.90. The van der Waals surface area contributed by atoms with Gasteiger partial charge in [-0.2, -0.15) is 0 Å². The molecule has 0 heterocycles. The minimum Gasteiger partial charge on any atom is -0.324 e. The highest BCUT2D eigenvalue weighted by Crippen LogP contribution is 2.19. The van der Waals surface area contributed by atoms with Crippen LogP contribution >= 0.6 is 0 Å². The molecule has 0 unspecified atom stereocenters. The van der Waals surface area contributed by atoms with E-state index in [1.54, 1.807) is 42.3 Å². The number of carbonyl (C=O) groups excluding carboxylic acids is 1. The maximum absolute atomic E-state index is 12.3. The summed E-state index contributed by atoms with van der Waals surface area (Å²) in [5.74, 6) is -0.179. The Morgan fingerprint density at radius 2 is 1.60 bits per heavy atom. The summed E-state index contributed by atoms with van der Waals surface area (Å²) in [5, 5.41) is 2.91. The van der Waals surface area contributed by atoms with E-state index in [1.807, 2.05) is 32.0 Å². The fraction of sp³-hybridized carbons (Fsp3) is 0.316. The number of likely N-dealkylation sites (N-methyl/N-ethyl adjacent to an activating group) is 1. The van der Waals surface area contributed by atoms with Gasteiger partial charge in [0, 0.05) is 12.2 Å². The van der Waals surface area contributed by atoms with Crippen molar-refractivity contribution in [3.8, 4) is 0 Å². The molecular formula is C19H24N2O3S. The van der Waals surface area contributed by atoms with Gasteiger partial charge in [-0.05, 0) is 44.2 Å². The molecule has 1 N–H and O–H groups in total. The Labute approximate surface area is 149 Å². The van der Waals surface area contributed by atoms with E-state index in [9.17, 15) is 13.2 Å². The van der Waals surface area contributed by atoms with Crippen molar-refractivity contribution in [2.45, 2.75) is 18.7 Å². The number of nitrogens with one attached hydrogen (secondary N) is 1. The molecule has 0 aromatic heterocycles. The van der Waals surface area contributed by atoms with E-state index in [0.29, 0.717) is 4.90 Å². The Kier molecular flexibility index (Phi) is 6.33. The van der Waals surface area contributed by atoms with Crippen LogP contribution in [0.2, 0.25) is 0 Å². The van der Waals surface area contributed by atoms with Crippen LogP contribution in [-0.2, 0) is 14.6 Å². The summed E-state index contributed by atoms with van der Waals surface area (Å²) in [6, 6.07) is 14.2. The maximum Gasteiger partial charge on any atom is 0.238 e. The van der Waals surface area contributed by atoms with E-state index in [1.165, 1.54) is 0 Å². The summed E-state index contributed by atoms with van der Waals surface area (Å²) in [6.45, 7) is 4.31. The number of amides is 1. The molecule has 134 valence electrons. The monoisotopic (exact) mass is 360 g/mol. The first-order valence-electron chi connectivity index (χ1n) is 8.12. The first-order chi connectivity index (χ1) is 11.8. The molecule has 5 nitrogen and oxygen atoms in total. The molecule has 25 heavy (non-hydrogen) atoms. The molecule has 0 aliphatic carbocycles. The van der Waals surface area contributed by atoms with Crippen LogP contribution in [0.15, 0.2) is 53.4 Å². The van der Waals surface area contributed by atoms with Crippen molar-refractivity contribution in [1.82, 2.24) is 4.90 Å². The summed E-state index contributed by atoms with van der Waals surface area (Å²) in [7, 11) is -1.60. The fourth-order valence-electron chi connectivity index (χ4n) is 2.54. The Morgan fingerprint density at radius 1 is 1.00 bits per heavy atom. The minimum absolute atomic E-state index is 0.0236. The number of nitrogens with zero attached hydrogens (tertiary/aromatic N) is 1. The smallest absolute Gasteiger partial charge is 0.238 e. The van der Waals surface area contributed by atoms with Gasteiger partial charge in [0.2, 0.25) is 5.91 Å². The normalized spacial score (nSPS) is 11.5. The number of rotatable bonds is 7. The third-order valence-electron chi connectivity index (χ3n) is 4.00. The minimum atomic E-state index is -3.34. The van der Waals surface area contributed by atoms with E-state index in [4.69, 9.17) is 0 Å². The number of sulfone groups is 1. The van der Waals surface area contributed by atoms with E-state index in [2.05, 4.69) is 5.32 Å². The topological polar surface area (TPSA) is 66.5 Å². The van der Waals surface area contributed by atoms with Gasteiger partial charge in [-0.1, -0.05) is 36.4 Å². The Bertz CT molecular complexity index is 813. The number of para-hydroxylation sites is 1. The number of benzene rings is 2. The van der Waals surface area contributed by atoms with E-state index in [0.717, 1.165) is 16.8 Å². The summed E-state index contributed by atoms with van der Waals surface area (Å²) in [4.78, 5) is 14.2. The van der Waals surface area contributed by atoms with Crippen LogP contribution < -0.4 is 5.32 Å². The number of anilines is 1. The lowest BCUT2D eigenvalue weighted by Gasteiger charge is -2.17. The van der Waals surface area contributed by atoms with Crippen LogP contribution in [0.25, 0.3) is 0 Å². The third kappa shape index (κ3) is 5.41. The van der Waals surface area contributed by atoms with Gasteiger partial charge in [0.25, 0.3) is 0 Å². The average molecular weight is 360 g/mol. The molecule has 0 spiro atoms. The standard InChI is InChI=1S/C19H24N2O3S/c1-15-8-7-9-16(2)19(15)20-18(22)14-21(3)12-13-25(23,24)17-10-5-4-6-11-17/h4-11H,12-14H2,1-3H3,(H,20,22). The number of hydrogen-bond acceptors (Lipinski definition) is 4. The molecule has 0 aliphatic heterocycles. The highest BCUT2D eigenvalue weighted by Gasteiger charge is 2.16. The van der Waals surface area contributed by atoms with Crippen LogP contribution in [-0.4, -0.2) is 45.1 Å². The molecule has 1 amide bonds. The van der Waals surface area contributed by atoms with E-state index < -0.39 is 9.84 Å². The first kappa shape index (κ1) is 19.1. The van der Waals surface area contributed by atoms with E-state index >= 15 is 0 Å². The van der Waals surface area contributed by atoms with Crippen LogP contribution in [0.5, 0.6) is 0 Å². The number of hydrogen-bond donors (Lipinski definition) is 1. The SMILES string of the molecule is Cc1cccc(C)c1NC(=O)CN(C)CCS(=O)(=O)c1ccccc1. The van der Waals surface area contributed by atoms with Gasteiger partial charge in [-0.25, -0.2) is 8.42 Å². The van der Waals surface area contributed by atoms with Crippen molar-refractivity contribution in [3.05, 3.63) is 59.7 Å². The predicted octanol–water partition coefficient (Wildman–Crippen LogP) is 2.65. The van der Waals surface area contributed by atoms with Crippen LogP contribution in [0.4, 0.5) is 5.69 Å². The second kappa shape index (κ2) is 8.27. The highest BCUT2D eigenvalue weighted by atomic mass is 32.2.